The number of halogens is 2. The lowest BCUT2D eigenvalue weighted by Crippen LogP contribution is -2.23. The van der Waals surface area contributed by atoms with Crippen molar-refractivity contribution in [1.82, 2.24) is 9.38 Å². The van der Waals surface area contributed by atoms with Gasteiger partial charge >= 0.3 is 0 Å². The highest BCUT2D eigenvalue weighted by Gasteiger charge is 2.25. The average molecular weight is 410 g/mol. The van der Waals surface area contributed by atoms with Crippen molar-refractivity contribution in [3.8, 4) is 22.5 Å². The van der Waals surface area contributed by atoms with Crippen LogP contribution in [0.3, 0.4) is 0 Å². The number of nitrogens with one attached hydrogen (secondary N) is 1. The summed E-state index contributed by atoms with van der Waals surface area (Å²) in [5.74, 6) is -0.511. The predicted molar refractivity (Wildman–Crippen MR) is 114 cm³/mol. The summed E-state index contributed by atoms with van der Waals surface area (Å²) in [4.78, 5) is 5.38. The molecule has 0 bridgehead atoms. The standard InChI is InChI=1S/C23H21F2N3S/c24-17-12-7-13-18(25)20(17)21-22(26-16-10-5-2-6-11-16)28-19(14-29-23(28)27-21)15-8-3-1-4-9-15/h1,3-4,7-9,12-14,16,26H,2,5-6,10-11H2. The molecule has 1 saturated carbocycles. The van der Waals surface area contributed by atoms with Gasteiger partial charge in [-0.05, 0) is 30.5 Å². The number of imidazole rings is 1. The third kappa shape index (κ3) is 3.31. The molecular formula is C23H21F2N3S. The lowest BCUT2D eigenvalue weighted by atomic mass is 9.95. The van der Waals surface area contributed by atoms with Crippen LogP contribution in [0.5, 0.6) is 0 Å². The molecule has 6 heteroatoms. The van der Waals surface area contributed by atoms with Crippen LogP contribution in [-0.2, 0) is 0 Å². The Kier molecular flexibility index (Phi) is 4.79. The van der Waals surface area contributed by atoms with Crippen LogP contribution in [0.4, 0.5) is 14.6 Å². The van der Waals surface area contributed by atoms with Crippen molar-refractivity contribution < 1.29 is 8.78 Å². The second-order valence-corrected chi connectivity index (χ2v) is 8.33. The molecule has 0 spiro atoms. The van der Waals surface area contributed by atoms with Crippen LogP contribution in [0, 0.1) is 11.6 Å². The number of aromatic nitrogens is 2. The van der Waals surface area contributed by atoms with Crippen LogP contribution >= 0.6 is 11.3 Å². The third-order valence-corrected chi connectivity index (χ3v) is 6.40. The summed E-state index contributed by atoms with van der Waals surface area (Å²) in [6.45, 7) is 0. The summed E-state index contributed by atoms with van der Waals surface area (Å²) in [7, 11) is 0. The first kappa shape index (κ1) is 18.3. The Morgan fingerprint density at radius 2 is 1.66 bits per heavy atom. The molecule has 0 aliphatic heterocycles. The first-order valence-corrected chi connectivity index (χ1v) is 10.9. The van der Waals surface area contributed by atoms with Gasteiger partial charge < -0.3 is 5.32 Å². The summed E-state index contributed by atoms with van der Waals surface area (Å²) in [6, 6.07) is 14.3. The largest absolute Gasteiger partial charge is 0.367 e. The number of rotatable bonds is 4. The molecule has 0 atom stereocenters. The number of benzene rings is 2. The van der Waals surface area contributed by atoms with Crippen LogP contribution in [0.15, 0.2) is 53.9 Å². The Labute approximate surface area is 172 Å². The van der Waals surface area contributed by atoms with E-state index in [1.807, 2.05) is 40.1 Å². The minimum absolute atomic E-state index is 0.0688. The predicted octanol–water partition coefficient (Wildman–Crippen LogP) is 6.75. The molecule has 1 aliphatic carbocycles. The Balaban J connectivity index is 1.72. The van der Waals surface area contributed by atoms with Crippen molar-refractivity contribution in [3.05, 3.63) is 65.5 Å². The van der Waals surface area contributed by atoms with E-state index in [-0.39, 0.29) is 11.6 Å². The van der Waals surface area contributed by atoms with Crippen molar-refractivity contribution in [2.45, 2.75) is 38.1 Å². The molecule has 0 saturated heterocycles. The molecule has 2 heterocycles. The van der Waals surface area contributed by atoms with Gasteiger partial charge in [0.15, 0.2) is 4.96 Å². The van der Waals surface area contributed by atoms with E-state index in [9.17, 15) is 8.78 Å². The smallest absolute Gasteiger partial charge is 0.196 e. The van der Waals surface area contributed by atoms with Gasteiger partial charge in [0.1, 0.15) is 23.1 Å². The van der Waals surface area contributed by atoms with Crippen molar-refractivity contribution in [1.29, 1.82) is 0 Å². The molecule has 2 aromatic heterocycles. The molecule has 1 N–H and O–H groups in total. The molecular weight excluding hydrogens is 388 g/mol. The van der Waals surface area contributed by atoms with Gasteiger partial charge in [-0.25, -0.2) is 13.8 Å². The van der Waals surface area contributed by atoms with Gasteiger partial charge in [-0.1, -0.05) is 55.7 Å². The number of hydrogen-bond acceptors (Lipinski definition) is 3. The first-order chi connectivity index (χ1) is 14.2. The summed E-state index contributed by atoms with van der Waals surface area (Å²) in [5, 5.41) is 5.64. The zero-order valence-corrected chi connectivity index (χ0v) is 16.7. The highest BCUT2D eigenvalue weighted by atomic mass is 32.1. The quantitative estimate of drug-likeness (QED) is 0.404. The second-order valence-electron chi connectivity index (χ2n) is 7.49. The Hall–Kier alpha value is -2.73. The van der Waals surface area contributed by atoms with E-state index in [0.717, 1.165) is 41.9 Å². The van der Waals surface area contributed by atoms with Gasteiger partial charge in [-0.15, -0.1) is 11.3 Å². The molecule has 1 fully saturated rings. The number of thiazole rings is 1. The topological polar surface area (TPSA) is 29.3 Å². The molecule has 3 nitrogen and oxygen atoms in total. The molecule has 29 heavy (non-hydrogen) atoms. The minimum Gasteiger partial charge on any atom is -0.367 e. The van der Waals surface area contributed by atoms with Gasteiger partial charge in [0.05, 0.1) is 11.3 Å². The van der Waals surface area contributed by atoms with E-state index in [2.05, 4.69) is 10.3 Å². The van der Waals surface area contributed by atoms with E-state index >= 15 is 0 Å². The lowest BCUT2D eigenvalue weighted by Gasteiger charge is -2.24. The third-order valence-electron chi connectivity index (χ3n) is 5.58. The molecule has 5 rings (SSSR count). The van der Waals surface area contributed by atoms with Crippen molar-refractivity contribution >= 4 is 22.1 Å². The molecule has 4 aromatic rings. The highest BCUT2D eigenvalue weighted by molar-refractivity contribution is 7.15. The maximum Gasteiger partial charge on any atom is 0.196 e. The van der Waals surface area contributed by atoms with E-state index in [0.29, 0.717) is 11.5 Å². The maximum atomic E-state index is 14.6. The summed E-state index contributed by atoms with van der Waals surface area (Å²) >= 11 is 1.48. The second kappa shape index (κ2) is 7.59. The Morgan fingerprint density at radius 1 is 0.931 bits per heavy atom. The monoisotopic (exact) mass is 409 g/mol. The fourth-order valence-corrected chi connectivity index (χ4v) is 5.04. The van der Waals surface area contributed by atoms with Crippen LogP contribution in [0.2, 0.25) is 0 Å². The average Bonchev–Trinajstić information content (AvgIpc) is 3.30. The highest BCUT2D eigenvalue weighted by Crippen LogP contribution is 2.39. The van der Waals surface area contributed by atoms with Gasteiger partial charge in [0.2, 0.25) is 0 Å². The zero-order chi connectivity index (χ0) is 19.8. The van der Waals surface area contributed by atoms with E-state index in [1.54, 1.807) is 0 Å². The zero-order valence-electron chi connectivity index (χ0n) is 15.9. The minimum atomic E-state index is -0.594. The summed E-state index contributed by atoms with van der Waals surface area (Å²) in [6.07, 6.45) is 5.67. The molecule has 148 valence electrons. The van der Waals surface area contributed by atoms with Gasteiger partial charge in [-0.3, -0.25) is 4.40 Å². The lowest BCUT2D eigenvalue weighted by molar-refractivity contribution is 0.462. The summed E-state index contributed by atoms with van der Waals surface area (Å²) in [5.41, 5.74) is 2.29. The number of anilines is 1. The van der Waals surface area contributed by atoms with E-state index in [1.165, 1.54) is 36.0 Å². The van der Waals surface area contributed by atoms with Crippen LogP contribution in [-0.4, -0.2) is 15.4 Å². The molecule has 1 aliphatic rings. The van der Waals surface area contributed by atoms with Crippen molar-refractivity contribution in [2.75, 3.05) is 5.32 Å². The fourth-order valence-electron chi connectivity index (χ4n) is 4.14. The van der Waals surface area contributed by atoms with Gasteiger partial charge in [-0.2, -0.15) is 0 Å². The first-order valence-electron chi connectivity index (χ1n) is 9.98. The van der Waals surface area contributed by atoms with Gasteiger partial charge in [0.25, 0.3) is 0 Å². The van der Waals surface area contributed by atoms with E-state index < -0.39 is 11.6 Å². The van der Waals surface area contributed by atoms with Crippen molar-refractivity contribution in [3.63, 3.8) is 0 Å². The van der Waals surface area contributed by atoms with Crippen LogP contribution in [0.1, 0.15) is 32.1 Å². The summed E-state index contributed by atoms with van der Waals surface area (Å²) < 4.78 is 31.3. The van der Waals surface area contributed by atoms with E-state index in [4.69, 9.17) is 0 Å². The number of nitrogens with zero attached hydrogens (tertiary/aromatic N) is 2. The van der Waals surface area contributed by atoms with Crippen molar-refractivity contribution in [2.24, 2.45) is 0 Å². The molecule has 0 amide bonds. The molecule has 2 aromatic carbocycles. The normalized spacial score (nSPS) is 15.1. The number of fused-ring (bicyclic) bond motifs is 1. The Morgan fingerprint density at radius 3 is 2.38 bits per heavy atom. The van der Waals surface area contributed by atoms with Crippen LogP contribution < -0.4 is 5.32 Å². The maximum absolute atomic E-state index is 14.6. The SMILES string of the molecule is Fc1cccc(F)c1-c1nc2scc(-c3ccccc3)n2c1NC1CCCCC1. The van der Waals surface area contributed by atoms with Crippen LogP contribution in [0.25, 0.3) is 27.5 Å². The number of hydrogen-bond donors (Lipinski definition) is 1. The molecule has 0 unspecified atom stereocenters. The molecule has 0 radical (unpaired) electrons. The fraction of sp³-hybridized carbons (Fsp3) is 0.261. The van der Waals surface area contributed by atoms with Gasteiger partial charge in [0, 0.05) is 11.4 Å². The Bertz CT molecular complexity index is 1120.